The van der Waals surface area contributed by atoms with E-state index >= 15 is 0 Å². The molecular weight excluding hydrogens is 674 g/mol. The Morgan fingerprint density at radius 3 is 2.36 bits per heavy atom. The number of hydrogen-bond donors (Lipinski definition) is 0. The third-order valence-corrected chi connectivity index (χ3v) is 11.3. The van der Waals surface area contributed by atoms with E-state index in [2.05, 4.69) is 46.1 Å². The minimum atomic E-state index is -0.660. The first kappa shape index (κ1) is 34.8. The average Bonchev–Trinajstić information content (AvgIpc) is 3.60. The van der Waals surface area contributed by atoms with Crippen LogP contribution in [0.25, 0.3) is 33.5 Å². The molecule has 0 amide bonds. The molecule has 2 aromatic carbocycles. The number of carbonyl (C=O) groups excluding carboxylic acids is 1. The van der Waals surface area contributed by atoms with Crippen LogP contribution < -0.4 is 11.2 Å². The Kier molecular flexibility index (Phi) is 9.59. The molecule has 2 fully saturated rings. The molecule has 5 heterocycles. The van der Waals surface area contributed by atoms with Crippen LogP contribution in [-0.4, -0.2) is 47.3 Å². The third kappa shape index (κ3) is 7.10. The molecule has 0 N–H and O–H groups in total. The van der Waals surface area contributed by atoms with E-state index in [4.69, 9.17) is 0 Å². The predicted molar refractivity (Wildman–Crippen MR) is 200 cm³/mol. The summed E-state index contributed by atoms with van der Waals surface area (Å²) in [7, 11) is 0. The van der Waals surface area contributed by atoms with Gasteiger partial charge in [0.1, 0.15) is 23.0 Å². The molecule has 6 aromatic rings. The van der Waals surface area contributed by atoms with Gasteiger partial charge in [0, 0.05) is 31.4 Å². The lowest BCUT2D eigenvalue weighted by Gasteiger charge is -2.31. The fraction of sp³-hybridized carbons (Fsp3) is 0.357. The van der Waals surface area contributed by atoms with E-state index in [0.717, 1.165) is 48.9 Å². The van der Waals surface area contributed by atoms with Crippen LogP contribution in [0.1, 0.15) is 80.4 Å². The number of fused-ring (bicyclic) bond motifs is 2. The van der Waals surface area contributed by atoms with Crippen molar-refractivity contribution in [3.05, 3.63) is 129 Å². The zero-order valence-electron chi connectivity index (χ0n) is 29.8. The lowest BCUT2D eigenvalue weighted by Crippen LogP contribution is -2.43. The van der Waals surface area contributed by atoms with Crippen molar-refractivity contribution in [2.45, 2.75) is 70.9 Å². The summed E-state index contributed by atoms with van der Waals surface area (Å²) in [5.74, 6) is -0.339. The van der Waals surface area contributed by atoms with E-state index in [-0.39, 0.29) is 34.8 Å². The molecule has 0 atom stereocenters. The predicted octanol–water partition coefficient (Wildman–Crippen LogP) is 7.77. The highest BCUT2D eigenvalue weighted by Gasteiger charge is 2.29. The van der Waals surface area contributed by atoms with Crippen LogP contribution in [0.5, 0.6) is 0 Å². The summed E-state index contributed by atoms with van der Waals surface area (Å²) in [6.45, 7) is 5.45. The van der Waals surface area contributed by atoms with Crippen LogP contribution in [0, 0.1) is 23.5 Å². The van der Waals surface area contributed by atoms with Gasteiger partial charge in [0.15, 0.2) is 11.4 Å². The summed E-state index contributed by atoms with van der Waals surface area (Å²) < 4.78 is 32.4. The van der Waals surface area contributed by atoms with E-state index in [1.165, 1.54) is 56.7 Å². The molecule has 4 aromatic heterocycles. The van der Waals surface area contributed by atoms with Crippen molar-refractivity contribution in [2.75, 3.05) is 13.1 Å². The second-order valence-electron chi connectivity index (χ2n) is 14.7. The van der Waals surface area contributed by atoms with Gasteiger partial charge in [0.2, 0.25) is 0 Å². The quantitative estimate of drug-likeness (QED) is 0.142. The maximum atomic E-state index is 14.6. The van der Waals surface area contributed by atoms with E-state index in [1.54, 1.807) is 12.3 Å². The van der Waals surface area contributed by atoms with Gasteiger partial charge in [-0.15, -0.1) is 0 Å². The number of aromatic nitrogens is 5. The molecule has 1 saturated heterocycles. The van der Waals surface area contributed by atoms with Crippen molar-refractivity contribution in [3.63, 3.8) is 0 Å². The molecule has 2 aliphatic rings. The smallest absolute Gasteiger partial charge is 0.303 e. The maximum Gasteiger partial charge on any atom is 0.337 e. The number of halogens is 2. The topological polar surface area (TPSA) is 94.5 Å². The first-order chi connectivity index (χ1) is 25.7. The monoisotopic (exact) mass is 716 g/mol. The molecule has 0 spiro atoms. The lowest BCUT2D eigenvalue weighted by atomic mass is 9.82. The number of rotatable bonds is 9. The van der Waals surface area contributed by atoms with Gasteiger partial charge in [0.05, 0.1) is 17.3 Å². The van der Waals surface area contributed by atoms with Gasteiger partial charge in [-0.3, -0.25) is 19.1 Å². The number of imidazole rings is 1. The SMILES string of the molecule is CCC1CCN(Cc2ccc(-c3cccc(-n4c(=O)n(C5CCC(CC(=O)c6cn7cc(F)ccc7n6)CC5)c(=O)c5cc(F)cnc54)c3)cc2)CC1. The Morgan fingerprint density at radius 2 is 1.60 bits per heavy atom. The highest BCUT2D eigenvalue weighted by Crippen LogP contribution is 2.34. The zero-order chi connectivity index (χ0) is 36.6. The van der Waals surface area contributed by atoms with E-state index in [9.17, 15) is 23.2 Å². The molecule has 1 aliphatic heterocycles. The molecular formula is C42H42F2N6O3. The van der Waals surface area contributed by atoms with Crippen molar-refractivity contribution < 1.29 is 13.6 Å². The molecule has 0 radical (unpaired) electrons. The molecule has 8 rings (SSSR count). The van der Waals surface area contributed by atoms with Crippen molar-refractivity contribution >= 4 is 22.5 Å². The van der Waals surface area contributed by atoms with Crippen molar-refractivity contribution in [2.24, 2.45) is 11.8 Å². The van der Waals surface area contributed by atoms with Crippen molar-refractivity contribution in [3.8, 4) is 16.8 Å². The summed E-state index contributed by atoms with van der Waals surface area (Å²) in [6.07, 6.45) is 10.1. The Morgan fingerprint density at radius 1 is 0.830 bits per heavy atom. The van der Waals surface area contributed by atoms with Gasteiger partial charge < -0.3 is 4.40 Å². The highest BCUT2D eigenvalue weighted by molar-refractivity contribution is 5.95. The van der Waals surface area contributed by atoms with E-state index in [1.807, 2.05) is 18.2 Å². The van der Waals surface area contributed by atoms with Crippen LogP contribution >= 0.6 is 0 Å². The first-order valence-electron chi connectivity index (χ1n) is 18.7. The molecule has 1 aliphatic carbocycles. The van der Waals surface area contributed by atoms with Gasteiger partial charge >= 0.3 is 5.69 Å². The second kappa shape index (κ2) is 14.6. The standard InChI is InChI=1S/C42H42F2N6O3/c1-2-27-16-18-47(19-17-27)24-29-6-10-30(11-7-29)31-4-3-5-35(21-31)49-40-36(22-33(44)23-45-40)41(52)50(42(49)53)34-13-8-28(9-14-34)20-38(51)37-26-48-25-32(43)12-15-39(48)46-37/h3-7,10-12,15,21-23,25-28,34H,2,8-9,13-14,16-20,24H2,1H3. The number of pyridine rings is 2. The van der Waals surface area contributed by atoms with Crippen molar-refractivity contribution in [1.82, 2.24) is 28.4 Å². The van der Waals surface area contributed by atoms with Gasteiger partial charge in [-0.05, 0) is 110 Å². The number of nitrogens with zero attached hydrogens (tertiary/aromatic N) is 6. The average molecular weight is 717 g/mol. The Bertz CT molecular complexity index is 2420. The molecule has 1 saturated carbocycles. The fourth-order valence-electron chi connectivity index (χ4n) is 8.25. The molecule has 9 nitrogen and oxygen atoms in total. The zero-order valence-corrected chi connectivity index (χ0v) is 29.8. The number of piperidine rings is 1. The van der Waals surface area contributed by atoms with Crippen LogP contribution in [0.2, 0.25) is 0 Å². The van der Waals surface area contributed by atoms with Crippen molar-refractivity contribution in [1.29, 1.82) is 0 Å². The van der Waals surface area contributed by atoms with Crippen LogP contribution in [-0.2, 0) is 6.54 Å². The fourth-order valence-corrected chi connectivity index (χ4v) is 8.25. The maximum absolute atomic E-state index is 14.6. The number of ketones is 1. The van der Waals surface area contributed by atoms with E-state index < -0.39 is 28.9 Å². The largest absolute Gasteiger partial charge is 0.337 e. The highest BCUT2D eigenvalue weighted by atomic mass is 19.1. The molecule has 0 unspecified atom stereocenters. The summed E-state index contributed by atoms with van der Waals surface area (Å²) in [5, 5.41) is 0.0305. The number of likely N-dealkylation sites (tertiary alicyclic amines) is 1. The number of carbonyl (C=O) groups is 1. The third-order valence-electron chi connectivity index (χ3n) is 11.3. The minimum absolute atomic E-state index is 0.0305. The Labute approximate surface area is 305 Å². The van der Waals surface area contributed by atoms with Crippen LogP contribution in [0.15, 0.2) is 94.9 Å². The van der Waals surface area contributed by atoms with Gasteiger partial charge in [-0.2, -0.15) is 0 Å². The summed E-state index contributed by atoms with van der Waals surface area (Å²) >= 11 is 0. The van der Waals surface area contributed by atoms with Gasteiger partial charge in [-0.25, -0.2) is 28.1 Å². The molecule has 11 heteroatoms. The molecule has 53 heavy (non-hydrogen) atoms. The summed E-state index contributed by atoms with van der Waals surface area (Å²) in [4.78, 5) is 52.5. The van der Waals surface area contributed by atoms with Crippen LogP contribution in [0.3, 0.4) is 0 Å². The summed E-state index contributed by atoms with van der Waals surface area (Å²) in [5.41, 5.74) is 3.45. The summed E-state index contributed by atoms with van der Waals surface area (Å²) in [6, 6.07) is 19.6. The van der Waals surface area contributed by atoms with E-state index in [0.29, 0.717) is 37.0 Å². The van der Waals surface area contributed by atoms with Crippen LogP contribution in [0.4, 0.5) is 8.78 Å². The molecule has 272 valence electrons. The van der Waals surface area contributed by atoms with Gasteiger partial charge in [-0.1, -0.05) is 49.7 Å². The Hall–Kier alpha value is -5.29. The number of hydrogen-bond acceptors (Lipinski definition) is 6. The Balaban J connectivity index is 1.03. The molecule has 0 bridgehead atoms. The first-order valence-corrected chi connectivity index (χ1v) is 18.7. The normalized spacial score (nSPS) is 18.5. The van der Waals surface area contributed by atoms with Gasteiger partial charge in [0.25, 0.3) is 5.56 Å². The second-order valence-corrected chi connectivity index (χ2v) is 14.7. The minimum Gasteiger partial charge on any atom is -0.303 e. The number of Topliss-reactive ketones (excluding diaryl/α,β-unsaturated/α-hetero) is 1. The lowest BCUT2D eigenvalue weighted by molar-refractivity contribution is 0.0938. The number of benzene rings is 2.